The molecule has 9 heteroatoms. The van der Waals surface area contributed by atoms with Crippen molar-refractivity contribution in [2.45, 2.75) is 31.8 Å². The van der Waals surface area contributed by atoms with Crippen molar-refractivity contribution >= 4 is 15.9 Å². The molecule has 1 atom stereocenters. The van der Waals surface area contributed by atoms with Gasteiger partial charge >= 0.3 is 0 Å². The Labute approximate surface area is 142 Å². The predicted octanol–water partition coefficient (Wildman–Crippen LogP) is 0.132. The largest absolute Gasteiger partial charge is 0.381 e. The standard InChI is InChI=1S/C15H24N4O4S/c1-24(21,22)18-10-13-2-5-17-19(13)14(11-18)8-15(20)16-9-12-3-6-23-7-4-12/h2,5,12,14H,3-4,6-11H2,1H3,(H,16,20)/t14-/m1/s1. The van der Waals surface area contributed by atoms with Gasteiger partial charge in [-0.15, -0.1) is 0 Å². The van der Waals surface area contributed by atoms with Gasteiger partial charge in [-0.1, -0.05) is 0 Å². The topological polar surface area (TPSA) is 93.5 Å². The van der Waals surface area contributed by atoms with Crippen LogP contribution in [0.4, 0.5) is 0 Å². The molecule has 0 saturated carbocycles. The first kappa shape index (κ1) is 17.4. The normalized spacial score (nSPS) is 23.0. The third-order valence-corrected chi connectivity index (χ3v) is 5.89. The Hall–Kier alpha value is -1.45. The van der Waals surface area contributed by atoms with Crippen LogP contribution in [0.15, 0.2) is 12.3 Å². The maximum atomic E-state index is 12.3. The number of aromatic nitrogens is 2. The minimum atomic E-state index is -3.30. The second-order valence-electron chi connectivity index (χ2n) is 6.54. The van der Waals surface area contributed by atoms with Gasteiger partial charge in [0.1, 0.15) is 0 Å². The average Bonchev–Trinajstić information content (AvgIpc) is 3.02. The van der Waals surface area contributed by atoms with Gasteiger partial charge in [0.05, 0.1) is 31.0 Å². The lowest BCUT2D eigenvalue weighted by Crippen LogP contribution is -2.42. The van der Waals surface area contributed by atoms with Crippen molar-refractivity contribution in [3.05, 3.63) is 18.0 Å². The van der Waals surface area contributed by atoms with Gasteiger partial charge in [0.2, 0.25) is 15.9 Å². The average molecular weight is 356 g/mol. The summed E-state index contributed by atoms with van der Waals surface area (Å²) in [4.78, 5) is 12.3. The lowest BCUT2D eigenvalue weighted by atomic mass is 10.0. The fourth-order valence-corrected chi connectivity index (χ4v) is 4.06. The second kappa shape index (κ2) is 7.20. The third-order valence-electron chi connectivity index (χ3n) is 4.67. The van der Waals surface area contributed by atoms with Crippen LogP contribution < -0.4 is 5.32 Å². The van der Waals surface area contributed by atoms with Crippen molar-refractivity contribution in [1.29, 1.82) is 0 Å². The van der Waals surface area contributed by atoms with Gasteiger partial charge in [0, 0.05) is 32.5 Å². The molecule has 3 heterocycles. The van der Waals surface area contributed by atoms with Gasteiger partial charge in [-0.2, -0.15) is 9.40 Å². The molecule has 0 aromatic carbocycles. The molecule has 134 valence electrons. The molecule has 0 radical (unpaired) electrons. The van der Waals surface area contributed by atoms with E-state index in [1.165, 1.54) is 10.6 Å². The van der Waals surface area contributed by atoms with Crippen LogP contribution in [0.5, 0.6) is 0 Å². The van der Waals surface area contributed by atoms with E-state index >= 15 is 0 Å². The Morgan fingerprint density at radius 2 is 2.17 bits per heavy atom. The fraction of sp³-hybridized carbons (Fsp3) is 0.733. The predicted molar refractivity (Wildman–Crippen MR) is 87.7 cm³/mol. The van der Waals surface area contributed by atoms with Crippen molar-refractivity contribution < 1.29 is 17.9 Å². The van der Waals surface area contributed by atoms with Crippen LogP contribution in [-0.2, 0) is 26.1 Å². The highest BCUT2D eigenvalue weighted by Crippen LogP contribution is 2.24. The van der Waals surface area contributed by atoms with E-state index in [-0.39, 0.29) is 24.9 Å². The molecule has 24 heavy (non-hydrogen) atoms. The number of nitrogens with one attached hydrogen (secondary N) is 1. The van der Waals surface area contributed by atoms with E-state index in [9.17, 15) is 13.2 Å². The summed E-state index contributed by atoms with van der Waals surface area (Å²) >= 11 is 0. The van der Waals surface area contributed by atoms with Gasteiger partial charge in [-0.25, -0.2) is 8.42 Å². The fourth-order valence-electron chi connectivity index (χ4n) is 3.25. The lowest BCUT2D eigenvalue weighted by Gasteiger charge is -2.32. The maximum absolute atomic E-state index is 12.3. The molecule has 3 rings (SSSR count). The van der Waals surface area contributed by atoms with Gasteiger partial charge in [0.15, 0.2) is 0 Å². The van der Waals surface area contributed by atoms with Gasteiger partial charge < -0.3 is 10.1 Å². The number of ether oxygens (including phenoxy) is 1. The maximum Gasteiger partial charge on any atom is 0.222 e. The summed E-state index contributed by atoms with van der Waals surface area (Å²) in [5.41, 5.74) is 0.814. The third kappa shape index (κ3) is 4.14. The van der Waals surface area contributed by atoms with Crippen LogP contribution >= 0.6 is 0 Å². The summed E-state index contributed by atoms with van der Waals surface area (Å²) in [7, 11) is -3.30. The molecule has 1 N–H and O–H groups in total. The smallest absolute Gasteiger partial charge is 0.222 e. The van der Waals surface area contributed by atoms with Crippen molar-refractivity contribution in [2.75, 3.05) is 32.6 Å². The number of hydrogen-bond donors (Lipinski definition) is 1. The number of rotatable bonds is 5. The molecule has 1 aromatic heterocycles. The number of carbonyl (C=O) groups is 1. The molecule has 0 spiro atoms. The van der Waals surface area contributed by atoms with E-state index < -0.39 is 10.0 Å². The van der Waals surface area contributed by atoms with E-state index in [0.29, 0.717) is 19.0 Å². The Bertz CT molecular complexity index is 681. The summed E-state index contributed by atoms with van der Waals surface area (Å²) in [6, 6.07) is 1.53. The Morgan fingerprint density at radius 1 is 1.42 bits per heavy atom. The number of fused-ring (bicyclic) bond motifs is 1. The van der Waals surface area contributed by atoms with Crippen molar-refractivity contribution in [3.63, 3.8) is 0 Å². The van der Waals surface area contributed by atoms with Crippen LogP contribution in [0.25, 0.3) is 0 Å². The Kier molecular flexibility index (Phi) is 5.21. The zero-order valence-corrected chi connectivity index (χ0v) is 14.7. The minimum Gasteiger partial charge on any atom is -0.381 e. The lowest BCUT2D eigenvalue weighted by molar-refractivity contribution is -0.122. The Balaban J connectivity index is 1.60. The van der Waals surface area contributed by atoms with Crippen LogP contribution in [0.3, 0.4) is 0 Å². The number of sulfonamides is 1. The zero-order valence-electron chi connectivity index (χ0n) is 13.8. The summed E-state index contributed by atoms with van der Waals surface area (Å²) in [6.07, 6.45) is 5.00. The first-order chi connectivity index (χ1) is 11.4. The van der Waals surface area contributed by atoms with Crippen LogP contribution in [0, 0.1) is 5.92 Å². The van der Waals surface area contributed by atoms with E-state index in [2.05, 4.69) is 10.4 Å². The Morgan fingerprint density at radius 3 is 2.88 bits per heavy atom. The van der Waals surface area contributed by atoms with Crippen molar-refractivity contribution in [1.82, 2.24) is 19.4 Å². The monoisotopic (exact) mass is 356 g/mol. The molecule has 1 fully saturated rings. The van der Waals surface area contributed by atoms with Crippen LogP contribution in [0.1, 0.15) is 31.0 Å². The van der Waals surface area contributed by atoms with Crippen molar-refractivity contribution in [3.8, 4) is 0 Å². The van der Waals surface area contributed by atoms with Gasteiger partial charge in [-0.05, 0) is 24.8 Å². The molecule has 1 saturated heterocycles. The summed E-state index contributed by atoms with van der Waals surface area (Å²) in [5, 5.41) is 7.23. The highest BCUT2D eigenvalue weighted by molar-refractivity contribution is 7.88. The van der Waals surface area contributed by atoms with Crippen LogP contribution in [-0.4, -0.2) is 61.0 Å². The highest BCUT2D eigenvalue weighted by Gasteiger charge is 2.31. The molecule has 0 unspecified atom stereocenters. The summed E-state index contributed by atoms with van der Waals surface area (Å²) < 4.78 is 32.2. The number of hydrogen-bond acceptors (Lipinski definition) is 5. The van der Waals surface area contributed by atoms with E-state index in [1.807, 2.05) is 0 Å². The molecule has 1 amide bonds. The van der Waals surface area contributed by atoms with E-state index in [0.717, 1.165) is 31.7 Å². The first-order valence-electron chi connectivity index (χ1n) is 8.25. The van der Waals surface area contributed by atoms with Crippen molar-refractivity contribution in [2.24, 2.45) is 5.92 Å². The second-order valence-corrected chi connectivity index (χ2v) is 8.52. The molecule has 0 bridgehead atoms. The number of amides is 1. The van der Waals surface area contributed by atoms with E-state index in [4.69, 9.17) is 4.74 Å². The minimum absolute atomic E-state index is 0.0664. The number of carbonyl (C=O) groups excluding carboxylic acids is 1. The molecular formula is C15H24N4O4S. The first-order valence-corrected chi connectivity index (χ1v) is 10.1. The van der Waals surface area contributed by atoms with E-state index in [1.54, 1.807) is 16.9 Å². The molecule has 0 aliphatic carbocycles. The van der Waals surface area contributed by atoms with Gasteiger partial charge in [0.25, 0.3) is 0 Å². The zero-order chi connectivity index (χ0) is 17.2. The summed E-state index contributed by atoms with van der Waals surface area (Å²) in [5.74, 6) is 0.394. The number of nitrogens with zero attached hydrogens (tertiary/aromatic N) is 3. The SMILES string of the molecule is CS(=O)(=O)N1Cc2ccnn2[C@H](CC(=O)NCC2CCOCC2)C1. The molecule has 8 nitrogen and oxygen atoms in total. The molecule has 2 aliphatic heterocycles. The molecular weight excluding hydrogens is 332 g/mol. The van der Waals surface area contributed by atoms with Crippen LogP contribution in [0.2, 0.25) is 0 Å². The molecule has 2 aliphatic rings. The van der Waals surface area contributed by atoms with Gasteiger partial charge in [-0.3, -0.25) is 9.48 Å². The quantitative estimate of drug-likeness (QED) is 0.809. The highest BCUT2D eigenvalue weighted by atomic mass is 32.2. The summed E-state index contributed by atoms with van der Waals surface area (Å²) in [6.45, 7) is 2.74. The molecule has 1 aromatic rings.